The maximum atomic E-state index is 14.3. The maximum absolute atomic E-state index is 14.3. The van der Waals surface area contributed by atoms with Crippen LogP contribution >= 0.6 is 0 Å². The Morgan fingerprint density at radius 2 is 2.17 bits per heavy atom. The summed E-state index contributed by atoms with van der Waals surface area (Å²) in [6, 6.07) is -0.777. The second kappa shape index (κ2) is 7.44. The van der Waals surface area contributed by atoms with Gasteiger partial charge in [0.1, 0.15) is 18.2 Å². The highest BCUT2D eigenvalue weighted by Gasteiger charge is 2.32. The van der Waals surface area contributed by atoms with Crippen LogP contribution in [0.2, 0.25) is 0 Å². The summed E-state index contributed by atoms with van der Waals surface area (Å²) in [7, 11) is 3.43. The van der Waals surface area contributed by atoms with Crippen molar-refractivity contribution in [3.05, 3.63) is 65.6 Å². The number of carbonyl (C=O) groups is 2. The number of carbonyl (C=O) groups excluding carboxylic acids is 2. The summed E-state index contributed by atoms with van der Waals surface area (Å²) in [4.78, 5) is 26.8. The van der Waals surface area contributed by atoms with Crippen LogP contribution in [0.3, 0.4) is 0 Å². The topological polar surface area (TPSA) is 85.1 Å². The molecule has 0 spiro atoms. The van der Waals surface area contributed by atoms with E-state index in [-0.39, 0.29) is 11.6 Å². The lowest BCUT2D eigenvalue weighted by Gasteiger charge is -2.20. The molecule has 0 unspecified atom stereocenters. The van der Waals surface area contributed by atoms with Crippen molar-refractivity contribution in [1.29, 1.82) is 0 Å². The molecule has 29 heavy (non-hydrogen) atoms. The first-order valence-corrected chi connectivity index (χ1v) is 9.21. The first-order valence-electron chi connectivity index (χ1n) is 9.21. The number of nitrogens with one attached hydrogen (secondary N) is 1. The third-order valence-electron chi connectivity index (χ3n) is 4.91. The van der Waals surface area contributed by atoms with Crippen LogP contribution in [0.15, 0.2) is 42.3 Å². The Morgan fingerprint density at radius 3 is 2.93 bits per heavy atom. The zero-order chi connectivity index (χ0) is 20.5. The Balaban J connectivity index is 1.47. The highest BCUT2D eigenvalue weighted by atomic mass is 19.1. The number of amides is 2. The molecule has 0 saturated carbocycles. The normalized spacial score (nSPS) is 18.2. The lowest BCUT2D eigenvalue weighted by Crippen LogP contribution is -2.47. The SMILES string of the molecule is CN1C(=O)[C@@H](NC(=O)c2nn(CC3=CC=[C+]C=C3)cc2F)CCc2nn(C)cc21. The molecule has 4 rings (SSSR count). The second-order valence-electron chi connectivity index (χ2n) is 7.03. The molecule has 0 aromatic carbocycles. The first kappa shape index (κ1) is 18.8. The smallest absolute Gasteiger partial charge is 0.275 e. The summed E-state index contributed by atoms with van der Waals surface area (Å²) in [5, 5.41) is 11.0. The average Bonchev–Trinajstić information content (AvgIpc) is 3.23. The van der Waals surface area contributed by atoms with Gasteiger partial charge < -0.3 is 10.2 Å². The number of likely N-dealkylation sites (N-methyl/N-ethyl adjacent to an activating group) is 1. The van der Waals surface area contributed by atoms with Crippen LogP contribution < -0.4 is 10.2 Å². The lowest BCUT2D eigenvalue weighted by atomic mass is 10.1. The number of aryl methyl sites for hydroxylation is 2. The van der Waals surface area contributed by atoms with Crippen LogP contribution in [0.4, 0.5) is 10.1 Å². The summed E-state index contributed by atoms with van der Waals surface area (Å²) >= 11 is 0. The number of hydrogen-bond acceptors (Lipinski definition) is 4. The Morgan fingerprint density at radius 1 is 1.34 bits per heavy atom. The summed E-state index contributed by atoms with van der Waals surface area (Å²) in [6.07, 6.45) is 13.9. The predicted molar refractivity (Wildman–Crippen MR) is 103 cm³/mol. The van der Waals surface area contributed by atoms with Gasteiger partial charge in [0.2, 0.25) is 5.91 Å². The Kier molecular flexibility index (Phi) is 4.82. The second-order valence-corrected chi connectivity index (χ2v) is 7.03. The molecule has 148 valence electrons. The van der Waals surface area contributed by atoms with Gasteiger partial charge in [0.05, 0.1) is 41.8 Å². The van der Waals surface area contributed by atoms with E-state index in [0.29, 0.717) is 25.1 Å². The van der Waals surface area contributed by atoms with Crippen LogP contribution in [-0.2, 0) is 24.8 Å². The van der Waals surface area contributed by atoms with Crippen molar-refractivity contribution < 1.29 is 14.0 Å². The van der Waals surface area contributed by atoms with Crippen molar-refractivity contribution >= 4 is 17.5 Å². The van der Waals surface area contributed by atoms with E-state index < -0.39 is 17.8 Å². The first-order chi connectivity index (χ1) is 13.9. The van der Waals surface area contributed by atoms with Crippen molar-refractivity contribution in [3.63, 3.8) is 0 Å². The van der Waals surface area contributed by atoms with E-state index in [1.807, 2.05) is 12.2 Å². The van der Waals surface area contributed by atoms with Gasteiger partial charge in [-0.3, -0.25) is 19.0 Å². The minimum Gasteiger partial charge on any atom is -0.339 e. The van der Waals surface area contributed by atoms with Gasteiger partial charge in [0.15, 0.2) is 11.5 Å². The molecule has 2 amide bonds. The van der Waals surface area contributed by atoms with Gasteiger partial charge >= 0.3 is 0 Å². The van der Waals surface area contributed by atoms with Crippen LogP contribution in [0.5, 0.6) is 0 Å². The van der Waals surface area contributed by atoms with Crippen LogP contribution in [0.25, 0.3) is 0 Å². The number of nitrogens with zero attached hydrogens (tertiary/aromatic N) is 5. The summed E-state index contributed by atoms with van der Waals surface area (Å²) < 4.78 is 17.3. The van der Waals surface area contributed by atoms with Crippen molar-refractivity contribution in [3.8, 4) is 0 Å². The molecule has 1 aliphatic carbocycles. The number of allylic oxidation sites excluding steroid dienone is 6. The fourth-order valence-corrected chi connectivity index (χ4v) is 3.44. The number of halogens is 1. The minimum atomic E-state index is -0.777. The predicted octanol–water partition coefficient (Wildman–Crippen LogP) is 1.32. The molecule has 2 aliphatic rings. The molecular weight excluding hydrogens is 375 g/mol. The highest BCUT2D eigenvalue weighted by molar-refractivity contribution is 6.02. The molecule has 1 atom stereocenters. The molecule has 1 N–H and O–H groups in total. The number of anilines is 1. The number of fused-ring (bicyclic) bond motifs is 1. The molecule has 9 heteroatoms. The van der Waals surface area contributed by atoms with Gasteiger partial charge in [-0.05, 0) is 12.8 Å². The van der Waals surface area contributed by atoms with Gasteiger partial charge in [-0.25, -0.2) is 4.39 Å². The van der Waals surface area contributed by atoms with Gasteiger partial charge in [-0.2, -0.15) is 10.2 Å². The van der Waals surface area contributed by atoms with Crippen molar-refractivity contribution in [1.82, 2.24) is 24.9 Å². The molecule has 0 fully saturated rings. The van der Waals surface area contributed by atoms with Gasteiger partial charge in [-0.15, -0.1) is 0 Å². The zero-order valence-electron chi connectivity index (χ0n) is 16.1. The lowest BCUT2D eigenvalue weighted by molar-refractivity contribution is -0.120. The van der Waals surface area contributed by atoms with Crippen LogP contribution in [0.1, 0.15) is 22.6 Å². The summed E-state index contributed by atoms with van der Waals surface area (Å²) in [5.41, 5.74) is 2.08. The van der Waals surface area contributed by atoms with Crippen molar-refractivity contribution in [2.45, 2.75) is 25.4 Å². The molecule has 0 radical (unpaired) electrons. The molecule has 2 aromatic heterocycles. The largest absolute Gasteiger partial charge is 0.339 e. The maximum Gasteiger partial charge on any atom is 0.275 e. The number of rotatable bonds is 4. The Bertz CT molecular complexity index is 1060. The van der Waals surface area contributed by atoms with E-state index >= 15 is 0 Å². The molecule has 8 nitrogen and oxygen atoms in total. The third kappa shape index (κ3) is 3.72. The standard InChI is InChI=1S/C20H19FN6O2/c1-25-12-17-15(23-25)8-9-16(20(29)26(17)2)22-19(28)18-14(21)11-27(24-18)10-13-6-4-3-5-7-13/h4-7,11-12,16H,8-10H2,1-2H3/p+1/t16-/m0/s1. The van der Waals surface area contributed by atoms with E-state index in [0.717, 1.165) is 11.3 Å². The fourth-order valence-electron chi connectivity index (χ4n) is 3.44. The summed E-state index contributed by atoms with van der Waals surface area (Å²) in [5.74, 6) is -1.72. The van der Waals surface area contributed by atoms with Crippen molar-refractivity contribution in [2.24, 2.45) is 7.05 Å². The quantitative estimate of drug-likeness (QED) is 0.792. The highest BCUT2D eigenvalue weighted by Crippen LogP contribution is 2.24. The molecule has 2 aromatic rings. The fraction of sp³-hybridized carbons (Fsp3) is 0.300. The monoisotopic (exact) mass is 395 g/mol. The molecule has 1 aliphatic heterocycles. The summed E-state index contributed by atoms with van der Waals surface area (Å²) in [6.45, 7) is 0.325. The van der Waals surface area contributed by atoms with Gasteiger partial charge in [0.25, 0.3) is 5.91 Å². The van der Waals surface area contributed by atoms with Crippen molar-refractivity contribution in [2.75, 3.05) is 11.9 Å². The Labute approximate surface area is 167 Å². The minimum absolute atomic E-state index is 0.273. The number of aromatic nitrogens is 4. The molecule has 0 bridgehead atoms. The van der Waals surface area contributed by atoms with Gasteiger partial charge in [0, 0.05) is 26.4 Å². The average molecular weight is 395 g/mol. The van der Waals surface area contributed by atoms with E-state index in [9.17, 15) is 14.0 Å². The zero-order valence-corrected chi connectivity index (χ0v) is 16.1. The van der Waals surface area contributed by atoms with E-state index in [1.54, 1.807) is 37.1 Å². The molecular formula is C20H20FN6O2+. The van der Waals surface area contributed by atoms with E-state index in [2.05, 4.69) is 21.6 Å². The third-order valence-corrected chi connectivity index (χ3v) is 4.91. The van der Waals surface area contributed by atoms with E-state index in [4.69, 9.17) is 0 Å². The van der Waals surface area contributed by atoms with Crippen LogP contribution in [-0.4, -0.2) is 44.5 Å². The van der Waals surface area contributed by atoms with Crippen LogP contribution in [0, 0.1) is 11.9 Å². The Hall–Kier alpha value is -3.58. The number of hydrogen-bond donors (Lipinski definition) is 1. The molecule has 0 saturated heterocycles. The van der Waals surface area contributed by atoms with Gasteiger partial charge in [-0.1, -0.05) is 0 Å². The molecule has 3 heterocycles. The van der Waals surface area contributed by atoms with E-state index in [1.165, 1.54) is 15.8 Å².